The first-order chi connectivity index (χ1) is 8.50. The van der Waals surface area contributed by atoms with Gasteiger partial charge in [0, 0.05) is 6.54 Å². The second-order valence-corrected chi connectivity index (χ2v) is 4.29. The molecule has 1 aromatic carbocycles. The molecular weight excluding hydrogens is 256 g/mol. The molecule has 5 nitrogen and oxygen atoms in total. The minimum absolute atomic E-state index is 0.0167. The minimum atomic E-state index is -0.984. The number of para-hydroxylation sites is 1. The van der Waals surface area contributed by atoms with Crippen LogP contribution in [0.15, 0.2) is 23.0 Å². The van der Waals surface area contributed by atoms with E-state index in [4.69, 9.17) is 16.7 Å². The van der Waals surface area contributed by atoms with E-state index in [0.29, 0.717) is 10.9 Å². The SMILES string of the molecule is Cc1cccc2c(=O)n(CCC(=O)O)c(Cl)nc12. The van der Waals surface area contributed by atoms with Crippen molar-refractivity contribution in [2.45, 2.75) is 19.9 Å². The zero-order chi connectivity index (χ0) is 13.3. The van der Waals surface area contributed by atoms with Crippen LogP contribution in [0.25, 0.3) is 10.9 Å². The van der Waals surface area contributed by atoms with Crippen LogP contribution < -0.4 is 5.56 Å². The summed E-state index contributed by atoms with van der Waals surface area (Å²) in [6.07, 6.45) is -0.168. The molecule has 0 saturated carbocycles. The maximum Gasteiger partial charge on any atom is 0.305 e. The van der Waals surface area contributed by atoms with Gasteiger partial charge in [0.15, 0.2) is 0 Å². The van der Waals surface area contributed by atoms with E-state index in [0.717, 1.165) is 5.56 Å². The van der Waals surface area contributed by atoms with Crippen molar-refractivity contribution in [2.75, 3.05) is 0 Å². The van der Waals surface area contributed by atoms with Gasteiger partial charge >= 0.3 is 5.97 Å². The van der Waals surface area contributed by atoms with Crippen LogP contribution in [-0.4, -0.2) is 20.6 Å². The van der Waals surface area contributed by atoms with Crippen molar-refractivity contribution in [3.8, 4) is 0 Å². The molecule has 18 heavy (non-hydrogen) atoms. The average molecular weight is 267 g/mol. The van der Waals surface area contributed by atoms with E-state index in [2.05, 4.69) is 4.98 Å². The number of rotatable bonds is 3. The van der Waals surface area contributed by atoms with E-state index < -0.39 is 5.97 Å². The van der Waals surface area contributed by atoms with Gasteiger partial charge in [0.2, 0.25) is 5.28 Å². The molecule has 1 aromatic heterocycles. The molecule has 0 aliphatic rings. The summed E-state index contributed by atoms with van der Waals surface area (Å²) >= 11 is 5.92. The van der Waals surface area contributed by atoms with E-state index in [9.17, 15) is 9.59 Å². The van der Waals surface area contributed by atoms with Gasteiger partial charge in [0.25, 0.3) is 5.56 Å². The van der Waals surface area contributed by atoms with Gasteiger partial charge in [-0.2, -0.15) is 0 Å². The monoisotopic (exact) mass is 266 g/mol. The normalized spacial score (nSPS) is 10.8. The molecule has 1 heterocycles. The Bertz CT molecular complexity index is 679. The molecule has 0 saturated heterocycles. The van der Waals surface area contributed by atoms with Crippen molar-refractivity contribution in [1.29, 1.82) is 0 Å². The van der Waals surface area contributed by atoms with Crippen molar-refractivity contribution in [3.63, 3.8) is 0 Å². The number of halogens is 1. The number of fused-ring (bicyclic) bond motifs is 1. The highest BCUT2D eigenvalue weighted by Crippen LogP contribution is 2.15. The molecule has 0 radical (unpaired) electrons. The Morgan fingerprint density at radius 2 is 2.22 bits per heavy atom. The molecule has 0 aliphatic carbocycles. The third-order valence-corrected chi connectivity index (χ3v) is 2.98. The molecular formula is C12H11ClN2O3. The Balaban J connectivity index is 2.62. The quantitative estimate of drug-likeness (QED) is 0.861. The Labute approximate surface area is 108 Å². The number of benzene rings is 1. The largest absolute Gasteiger partial charge is 0.481 e. The highest BCUT2D eigenvalue weighted by Gasteiger charge is 2.11. The molecule has 0 spiro atoms. The van der Waals surface area contributed by atoms with Crippen LogP contribution in [-0.2, 0) is 11.3 Å². The molecule has 0 aliphatic heterocycles. The minimum Gasteiger partial charge on any atom is -0.481 e. The Morgan fingerprint density at radius 1 is 1.50 bits per heavy atom. The van der Waals surface area contributed by atoms with E-state index in [-0.39, 0.29) is 23.8 Å². The van der Waals surface area contributed by atoms with Crippen LogP contribution in [0.3, 0.4) is 0 Å². The number of nitrogens with zero attached hydrogens (tertiary/aromatic N) is 2. The summed E-state index contributed by atoms with van der Waals surface area (Å²) in [7, 11) is 0. The number of hydrogen-bond donors (Lipinski definition) is 1. The van der Waals surface area contributed by atoms with Gasteiger partial charge < -0.3 is 5.11 Å². The zero-order valence-electron chi connectivity index (χ0n) is 9.68. The summed E-state index contributed by atoms with van der Waals surface area (Å²) in [5.74, 6) is -0.984. The third kappa shape index (κ3) is 2.22. The fourth-order valence-electron chi connectivity index (χ4n) is 1.76. The lowest BCUT2D eigenvalue weighted by Gasteiger charge is -2.08. The summed E-state index contributed by atoms with van der Waals surface area (Å²) in [5.41, 5.74) is 1.10. The van der Waals surface area contributed by atoms with Gasteiger partial charge in [-0.15, -0.1) is 0 Å². The first-order valence-electron chi connectivity index (χ1n) is 5.38. The van der Waals surface area contributed by atoms with Gasteiger partial charge in [-0.05, 0) is 30.2 Å². The van der Waals surface area contributed by atoms with Crippen LogP contribution in [0.1, 0.15) is 12.0 Å². The molecule has 0 unspecified atom stereocenters. The number of carboxylic acids is 1. The number of carboxylic acid groups (broad SMARTS) is 1. The van der Waals surface area contributed by atoms with E-state index in [1.807, 2.05) is 13.0 Å². The predicted octanol–water partition coefficient (Wildman–Crippen LogP) is 1.83. The number of aryl methyl sites for hydroxylation is 1. The lowest BCUT2D eigenvalue weighted by Crippen LogP contribution is -2.23. The van der Waals surface area contributed by atoms with Crippen LogP contribution in [0.4, 0.5) is 0 Å². The van der Waals surface area contributed by atoms with Gasteiger partial charge in [0.1, 0.15) is 0 Å². The molecule has 0 atom stereocenters. The summed E-state index contributed by atoms with van der Waals surface area (Å²) in [6, 6.07) is 5.26. The number of hydrogen-bond acceptors (Lipinski definition) is 3. The van der Waals surface area contributed by atoms with E-state index >= 15 is 0 Å². The zero-order valence-corrected chi connectivity index (χ0v) is 10.4. The standard InChI is InChI=1S/C12H11ClN2O3/c1-7-3-2-4-8-10(7)14-12(13)15(11(8)18)6-5-9(16)17/h2-4H,5-6H2,1H3,(H,16,17). The van der Waals surface area contributed by atoms with Gasteiger partial charge in [0.05, 0.1) is 17.3 Å². The molecule has 2 aromatic rings. The number of carbonyl (C=O) groups is 1. The predicted molar refractivity (Wildman–Crippen MR) is 68.0 cm³/mol. The number of aliphatic carboxylic acids is 1. The van der Waals surface area contributed by atoms with Crippen LogP contribution in [0, 0.1) is 6.92 Å². The lowest BCUT2D eigenvalue weighted by molar-refractivity contribution is -0.137. The first-order valence-corrected chi connectivity index (χ1v) is 5.76. The summed E-state index contributed by atoms with van der Waals surface area (Å²) in [6.45, 7) is 1.86. The first kappa shape index (κ1) is 12.6. The Hall–Kier alpha value is -1.88. The third-order valence-electron chi connectivity index (χ3n) is 2.69. The smallest absolute Gasteiger partial charge is 0.305 e. The van der Waals surface area contributed by atoms with Crippen LogP contribution in [0.5, 0.6) is 0 Å². The van der Waals surface area contributed by atoms with Gasteiger partial charge in [-0.1, -0.05) is 12.1 Å². The molecule has 1 N–H and O–H groups in total. The lowest BCUT2D eigenvalue weighted by atomic mass is 10.1. The van der Waals surface area contributed by atoms with E-state index in [1.54, 1.807) is 12.1 Å². The highest BCUT2D eigenvalue weighted by molar-refractivity contribution is 6.28. The fraction of sp³-hybridized carbons (Fsp3) is 0.250. The summed E-state index contributed by atoms with van der Waals surface area (Å²) in [4.78, 5) is 26.8. The second-order valence-electron chi connectivity index (χ2n) is 3.95. The van der Waals surface area contributed by atoms with Crippen molar-refractivity contribution >= 4 is 28.5 Å². The maximum absolute atomic E-state index is 12.2. The molecule has 0 fully saturated rings. The average Bonchev–Trinajstić information content (AvgIpc) is 2.30. The summed E-state index contributed by atoms with van der Waals surface area (Å²) < 4.78 is 1.18. The fourth-order valence-corrected chi connectivity index (χ4v) is 2.01. The van der Waals surface area contributed by atoms with Crippen molar-refractivity contribution in [2.24, 2.45) is 0 Å². The Morgan fingerprint density at radius 3 is 2.89 bits per heavy atom. The summed E-state index contributed by atoms with van der Waals surface area (Å²) in [5, 5.41) is 9.10. The van der Waals surface area contributed by atoms with Crippen LogP contribution >= 0.6 is 11.6 Å². The molecule has 94 valence electrons. The topological polar surface area (TPSA) is 72.2 Å². The van der Waals surface area contributed by atoms with Crippen molar-refractivity contribution in [1.82, 2.24) is 9.55 Å². The molecule has 0 amide bonds. The van der Waals surface area contributed by atoms with Gasteiger partial charge in [-0.25, -0.2) is 4.98 Å². The molecule has 6 heteroatoms. The van der Waals surface area contributed by atoms with E-state index in [1.165, 1.54) is 4.57 Å². The van der Waals surface area contributed by atoms with Crippen molar-refractivity contribution < 1.29 is 9.90 Å². The molecule has 2 rings (SSSR count). The maximum atomic E-state index is 12.2. The second kappa shape index (κ2) is 4.78. The highest BCUT2D eigenvalue weighted by atomic mass is 35.5. The number of aromatic nitrogens is 2. The van der Waals surface area contributed by atoms with Crippen LogP contribution in [0.2, 0.25) is 5.28 Å². The van der Waals surface area contributed by atoms with Crippen molar-refractivity contribution in [3.05, 3.63) is 39.4 Å². The Kier molecular flexibility index (Phi) is 3.34. The molecule has 0 bridgehead atoms. The van der Waals surface area contributed by atoms with Gasteiger partial charge in [-0.3, -0.25) is 14.2 Å².